The second-order valence-electron chi connectivity index (χ2n) is 6.58. The summed E-state index contributed by atoms with van der Waals surface area (Å²) in [5.74, 6) is 1.40. The maximum absolute atomic E-state index is 14.3. The number of nitrogens with one attached hydrogen (secondary N) is 1. The molecule has 3 aromatic rings. The lowest BCUT2D eigenvalue weighted by Crippen LogP contribution is -2.37. The number of likely N-dealkylation sites (N-methyl/N-ethyl adjacent to an activating group) is 1. The summed E-state index contributed by atoms with van der Waals surface area (Å²) < 4.78 is 26.6. The van der Waals surface area contributed by atoms with E-state index in [0.717, 1.165) is 11.9 Å². The fraction of sp³-hybridized carbons (Fsp3) is 0.263. The Morgan fingerprint density at radius 1 is 1.26 bits per heavy atom. The van der Waals surface area contributed by atoms with E-state index in [9.17, 15) is 4.39 Å². The first-order chi connectivity index (χ1) is 13.0. The summed E-state index contributed by atoms with van der Waals surface area (Å²) in [5.41, 5.74) is 1.01. The Kier molecular flexibility index (Phi) is 4.84. The van der Waals surface area contributed by atoms with Crippen molar-refractivity contribution in [3.05, 3.63) is 46.9 Å². The number of ether oxygens (including phenoxy) is 2. The number of nitrogens with zero attached hydrogens (tertiary/aromatic N) is 3. The van der Waals surface area contributed by atoms with Crippen molar-refractivity contribution in [3.63, 3.8) is 0 Å². The number of anilines is 2. The maximum Gasteiger partial charge on any atom is 0.163 e. The van der Waals surface area contributed by atoms with E-state index in [1.165, 1.54) is 6.33 Å². The third kappa shape index (κ3) is 3.68. The molecule has 6 nitrogen and oxygen atoms in total. The molecule has 0 aliphatic carbocycles. The molecule has 2 heterocycles. The van der Waals surface area contributed by atoms with Crippen molar-refractivity contribution in [1.82, 2.24) is 14.9 Å². The van der Waals surface area contributed by atoms with Gasteiger partial charge >= 0.3 is 0 Å². The zero-order valence-corrected chi connectivity index (χ0v) is 16.5. The molecule has 27 heavy (non-hydrogen) atoms. The minimum Gasteiger partial charge on any atom is -0.486 e. The number of fused-ring (bicyclic) bond motifs is 2. The van der Waals surface area contributed by atoms with Gasteiger partial charge < -0.3 is 19.7 Å². The highest BCUT2D eigenvalue weighted by Gasteiger charge is 2.23. The molecule has 4 rings (SSSR count). The van der Waals surface area contributed by atoms with Crippen LogP contribution in [0.2, 0.25) is 0 Å². The van der Waals surface area contributed by atoms with Crippen LogP contribution in [0.3, 0.4) is 0 Å². The minimum absolute atomic E-state index is 0.0616. The van der Waals surface area contributed by atoms with Gasteiger partial charge in [0.2, 0.25) is 0 Å². The molecule has 0 saturated carbocycles. The highest BCUT2D eigenvalue weighted by Crippen LogP contribution is 2.38. The molecule has 0 radical (unpaired) electrons. The highest BCUT2D eigenvalue weighted by atomic mass is 79.9. The largest absolute Gasteiger partial charge is 0.486 e. The van der Waals surface area contributed by atoms with Gasteiger partial charge in [-0.25, -0.2) is 14.4 Å². The lowest BCUT2D eigenvalue weighted by Gasteiger charge is -2.28. The first-order valence-corrected chi connectivity index (χ1v) is 9.24. The van der Waals surface area contributed by atoms with Crippen LogP contribution in [-0.2, 0) is 0 Å². The lowest BCUT2D eigenvalue weighted by molar-refractivity contribution is 0.0713. The third-order valence-corrected chi connectivity index (χ3v) is 4.81. The zero-order chi connectivity index (χ0) is 19.0. The minimum atomic E-state index is -0.382. The van der Waals surface area contributed by atoms with Gasteiger partial charge in [-0.05, 0) is 48.2 Å². The van der Waals surface area contributed by atoms with Gasteiger partial charge in [0.05, 0.1) is 15.7 Å². The number of benzene rings is 2. The summed E-state index contributed by atoms with van der Waals surface area (Å²) in [6.45, 7) is 1.23. The monoisotopic (exact) mass is 432 g/mol. The Morgan fingerprint density at radius 3 is 2.93 bits per heavy atom. The Bertz CT molecular complexity index is 999. The van der Waals surface area contributed by atoms with Crippen LogP contribution in [0.5, 0.6) is 11.5 Å². The van der Waals surface area contributed by atoms with Crippen molar-refractivity contribution in [2.75, 3.05) is 32.6 Å². The highest BCUT2D eigenvalue weighted by molar-refractivity contribution is 9.10. The van der Waals surface area contributed by atoms with Crippen molar-refractivity contribution >= 4 is 38.3 Å². The molecule has 140 valence electrons. The fourth-order valence-corrected chi connectivity index (χ4v) is 3.36. The van der Waals surface area contributed by atoms with Crippen molar-refractivity contribution in [3.8, 4) is 11.5 Å². The molecule has 0 spiro atoms. The van der Waals surface area contributed by atoms with E-state index in [-0.39, 0.29) is 11.9 Å². The topological polar surface area (TPSA) is 59.5 Å². The summed E-state index contributed by atoms with van der Waals surface area (Å²) in [6.07, 6.45) is 1.37. The summed E-state index contributed by atoms with van der Waals surface area (Å²) in [7, 11) is 3.98. The van der Waals surface area contributed by atoms with Crippen LogP contribution in [0.4, 0.5) is 15.9 Å². The molecule has 0 unspecified atom stereocenters. The molecular weight excluding hydrogens is 415 g/mol. The van der Waals surface area contributed by atoms with Crippen LogP contribution in [-0.4, -0.2) is 48.2 Å². The van der Waals surface area contributed by atoms with Crippen LogP contribution >= 0.6 is 15.9 Å². The second kappa shape index (κ2) is 7.28. The van der Waals surface area contributed by atoms with Gasteiger partial charge in [-0.15, -0.1) is 0 Å². The zero-order valence-electron chi connectivity index (χ0n) is 14.9. The Morgan fingerprint density at radius 2 is 2.11 bits per heavy atom. The predicted octanol–water partition coefficient (Wildman–Crippen LogP) is 3.98. The smallest absolute Gasteiger partial charge is 0.163 e. The summed E-state index contributed by atoms with van der Waals surface area (Å²) in [5, 5.41) is 3.77. The molecule has 1 aromatic heterocycles. The summed E-state index contributed by atoms with van der Waals surface area (Å²) >= 11 is 3.20. The Labute approximate surface area is 164 Å². The standard InChI is InChI=1S/C19H18BrFN4O2/c1-25(2)8-11-9-26-16-7-15-12(6-17(16)27-11)19(23-10-22-15)24-14-5-3-4-13(20)18(14)21/h3-7,10-11H,8-9H2,1-2H3,(H,22,23,24)/t11-/m1/s1. The number of rotatable bonds is 4. The van der Waals surface area contributed by atoms with E-state index >= 15 is 0 Å². The molecule has 0 bridgehead atoms. The van der Waals surface area contributed by atoms with E-state index in [2.05, 4.69) is 31.2 Å². The van der Waals surface area contributed by atoms with Crippen molar-refractivity contribution in [2.45, 2.75) is 6.10 Å². The van der Waals surface area contributed by atoms with Gasteiger partial charge in [-0.2, -0.15) is 0 Å². The van der Waals surface area contributed by atoms with Gasteiger partial charge in [0.15, 0.2) is 17.3 Å². The van der Waals surface area contributed by atoms with E-state index in [0.29, 0.717) is 39.6 Å². The van der Waals surface area contributed by atoms with E-state index in [1.54, 1.807) is 18.2 Å². The molecule has 1 N–H and O–H groups in total. The van der Waals surface area contributed by atoms with Crippen LogP contribution in [0.1, 0.15) is 0 Å². The molecule has 1 aliphatic rings. The summed E-state index contributed by atoms with van der Waals surface area (Å²) in [4.78, 5) is 10.6. The van der Waals surface area contributed by atoms with Crippen molar-refractivity contribution in [2.24, 2.45) is 0 Å². The fourth-order valence-electron chi connectivity index (χ4n) is 2.99. The number of hydrogen-bond acceptors (Lipinski definition) is 6. The van der Waals surface area contributed by atoms with Gasteiger partial charge in [0.25, 0.3) is 0 Å². The molecule has 0 amide bonds. The van der Waals surface area contributed by atoms with Crippen LogP contribution < -0.4 is 14.8 Å². The molecule has 0 saturated heterocycles. The average Bonchev–Trinajstić information content (AvgIpc) is 2.64. The van der Waals surface area contributed by atoms with Gasteiger partial charge in [-0.1, -0.05) is 6.07 Å². The summed E-state index contributed by atoms with van der Waals surface area (Å²) in [6, 6.07) is 8.71. The van der Waals surface area contributed by atoms with Gasteiger partial charge in [0.1, 0.15) is 24.9 Å². The number of halogens is 2. The molecule has 0 fully saturated rings. The first kappa shape index (κ1) is 17.9. The Balaban J connectivity index is 1.71. The maximum atomic E-state index is 14.3. The molecule has 2 aromatic carbocycles. The Hall–Kier alpha value is -2.45. The number of aromatic nitrogens is 2. The van der Waals surface area contributed by atoms with E-state index in [4.69, 9.17) is 9.47 Å². The van der Waals surface area contributed by atoms with Gasteiger partial charge in [-0.3, -0.25) is 0 Å². The quantitative estimate of drug-likeness (QED) is 0.672. The van der Waals surface area contributed by atoms with Crippen molar-refractivity contribution < 1.29 is 13.9 Å². The van der Waals surface area contributed by atoms with E-state index < -0.39 is 0 Å². The van der Waals surface area contributed by atoms with Crippen molar-refractivity contribution in [1.29, 1.82) is 0 Å². The predicted molar refractivity (Wildman–Crippen MR) is 105 cm³/mol. The third-order valence-electron chi connectivity index (χ3n) is 4.19. The normalized spacial score (nSPS) is 16.0. The second-order valence-corrected chi connectivity index (χ2v) is 7.43. The molecule has 8 heteroatoms. The van der Waals surface area contributed by atoms with Crippen LogP contribution in [0.25, 0.3) is 10.9 Å². The van der Waals surface area contributed by atoms with Crippen LogP contribution in [0.15, 0.2) is 41.1 Å². The first-order valence-electron chi connectivity index (χ1n) is 8.45. The SMILES string of the molecule is CN(C)C[C@@H]1COc2cc3ncnc(Nc4cccc(Br)c4F)c3cc2O1. The van der Waals surface area contributed by atoms with Gasteiger partial charge in [0, 0.05) is 18.0 Å². The molecular formula is C19H18BrFN4O2. The molecule has 1 atom stereocenters. The lowest BCUT2D eigenvalue weighted by atomic mass is 10.2. The number of hydrogen-bond donors (Lipinski definition) is 1. The van der Waals surface area contributed by atoms with E-state index in [1.807, 2.05) is 31.1 Å². The molecule has 1 aliphatic heterocycles. The van der Waals surface area contributed by atoms with Crippen LogP contribution in [0, 0.1) is 5.82 Å². The average molecular weight is 433 g/mol.